The molecule has 0 atom stereocenters. The summed E-state index contributed by atoms with van der Waals surface area (Å²) in [6, 6.07) is 25.8. The number of ether oxygens (including phenoxy) is 1. The van der Waals surface area contributed by atoms with Gasteiger partial charge in [0.1, 0.15) is 0 Å². The smallest absolute Gasteiger partial charge is 0.460 e. The van der Waals surface area contributed by atoms with Gasteiger partial charge in [-0.05, 0) is 42.7 Å². The zero-order chi connectivity index (χ0) is 31.0. The van der Waals surface area contributed by atoms with Gasteiger partial charge in [0.2, 0.25) is 0 Å². The van der Waals surface area contributed by atoms with Gasteiger partial charge in [0.25, 0.3) is 0 Å². The Morgan fingerprint density at radius 1 is 0.651 bits per heavy atom. The summed E-state index contributed by atoms with van der Waals surface area (Å²) < 4.78 is 67.7. The van der Waals surface area contributed by atoms with Crippen molar-refractivity contribution in [1.82, 2.24) is 0 Å². The van der Waals surface area contributed by atoms with Crippen LogP contribution < -0.4 is 0 Å². The molecule has 3 rings (SSSR count). The molecule has 0 bridgehead atoms. The number of hydrogen-bond donors (Lipinski definition) is 0. The first-order chi connectivity index (χ1) is 20.7. The van der Waals surface area contributed by atoms with Crippen molar-refractivity contribution in [2.75, 3.05) is 11.9 Å². The molecule has 3 aromatic carbocycles. The summed E-state index contributed by atoms with van der Waals surface area (Å²) in [5.74, 6) is -2.12. The van der Waals surface area contributed by atoms with E-state index >= 15 is 8.78 Å². The van der Waals surface area contributed by atoms with Crippen LogP contribution in [0.15, 0.2) is 101 Å². The lowest BCUT2D eigenvalue weighted by Crippen LogP contribution is -2.41. The van der Waals surface area contributed by atoms with Crippen LogP contribution in [0.1, 0.15) is 69.8 Å². The second kappa shape index (κ2) is 17.9. The van der Waals surface area contributed by atoms with Crippen molar-refractivity contribution in [3.05, 3.63) is 96.6 Å². The van der Waals surface area contributed by atoms with Crippen molar-refractivity contribution in [2.45, 2.75) is 85.0 Å². The Labute approximate surface area is 265 Å². The van der Waals surface area contributed by atoms with Crippen LogP contribution in [-0.4, -0.2) is 31.6 Å². The Kier molecular flexibility index (Phi) is 14.6. The third-order valence-electron chi connectivity index (χ3n) is 6.98. The quantitative estimate of drug-likeness (QED) is 0.0668. The fourth-order valence-corrected chi connectivity index (χ4v) is 10.2. The highest BCUT2D eigenvalue weighted by Gasteiger charge is 2.58. The number of rotatable bonds is 20. The van der Waals surface area contributed by atoms with E-state index in [1.807, 2.05) is 6.07 Å². The average molecular weight is 700 g/mol. The van der Waals surface area contributed by atoms with Gasteiger partial charge in [0, 0.05) is 20.9 Å². The van der Waals surface area contributed by atoms with Crippen LogP contribution in [-0.2, 0) is 29.0 Å². The van der Waals surface area contributed by atoms with Gasteiger partial charge in [0.15, 0.2) is 0 Å². The molecular formula is C33H41BrF2O5S2. The number of halogens is 3. The first-order valence-corrected chi connectivity index (χ1v) is 19.0. The molecule has 0 aliphatic carbocycles. The van der Waals surface area contributed by atoms with Crippen LogP contribution >= 0.6 is 26.2 Å². The Bertz CT molecular complexity index is 1290. The molecule has 0 unspecified atom stereocenters. The Morgan fingerprint density at radius 2 is 1.07 bits per heavy atom. The Morgan fingerprint density at radius 3 is 1.53 bits per heavy atom. The topological polar surface area (TPSA) is 69.7 Å². The number of hydrogen-bond acceptors (Lipinski definition) is 5. The summed E-state index contributed by atoms with van der Waals surface area (Å²) in [5, 5.41) is -3.85. The van der Waals surface area contributed by atoms with E-state index in [4.69, 9.17) is 8.37 Å². The molecule has 0 heterocycles. The Hall–Kier alpha value is -2.27. The summed E-state index contributed by atoms with van der Waals surface area (Å²) in [6.45, 7) is -0.282. The van der Waals surface area contributed by atoms with Crippen molar-refractivity contribution in [3.8, 4) is 0 Å². The lowest BCUT2D eigenvalue weighted by molar-refractivity contribution is -0.161. The first-order valence-electron chi connectivity index (χ1n) is 14.7. The number of carbonyl (C=O) groups excluding carboxylic acids is 1. The van der Waals surface area contributed by atoms with Gasteiger partial charge in [-0.3, -0.25) is 0 Å². The van der Waals surface area contributed by atoms with Gasteiger partial charge in [-0.15, -0.1) is 0 Å². The molecule has 236 valence electrons. The maximum atomic E-state index is 15.3. The molecule has 0 aliphatic rings. The Balaban J connectivity index is 1.68. The van der Waals surface area contributed by atoms with Crippen LogP contribution in [0.3, 0.4) is 0 Å². The van der Waals surface area contributed by atoms with Crippen molar-refractivity contribution in [2.24, 2.45) is 0 Å². The number of esters is 1. The summed E-state index contributed by atoms with van der Waals surface area (Å²) >= 11 is 3.43. The largest absolute Gasteiger partial charge is 0.466 e. The molecule has 0 fully saturated rings. The van der Waals surface area contributed by atoms with Crippen molar-refractivity contribution < 1.29 is 30.4 Å². The molecule has 3 aromatic rings. The number of carbonyl (C=O) groups is 1. The minimum Gasteiger partial charge on any atom is -0.460 e. The fraction of sp³-hybridized carbons (Fsp3) is 0.424. The second-order valence-corrected chi connectivity index (χ2v) is 15.7. The van der Waals surface area contributed by atoms with Gasteiger partial charge in [-0.1, -0.05) is 144 Å². The van der Waals surface area contributed by atoms with E-state index in [9.17, 15) is 13.2 Å². The molecule has 0 spiro atoms. The predicted octanol–water partition coefficient (Wildman–Crippen LogP) is 9.80. The van der Waals surface area contributed by atoms with Gasteiger partial charge in [-0.25, -0.2) is 8.42 Å². The highest BCUT2D eigenvalue weighted by atomic mass is 79.9. The normalized spacial score (nSPS) is 12.6. The molecule has 0 saturated carbocycles. The lowest BCUT2D eigenvalue weighted by atomic mass is 10.1. The fourth-order valence-electron chi connectivity index (χ4n) is 4.65. The number of unbranched alkanes of at least 4 members (excludes halogenated alkanes) is 9. The van der Waals surface area contributed by atoms with Crippen LogP contribution in [0.25, 0.3) is 0 Å². The third kappa shape index (κ3) is 10.4. The van der Waals surface area contributed by atoms with Gasteiger partial charge < -0.3 is 4.74 Å². The van der Waals surface area contributed by atoms with Gasteiger partial charge in [0.05, 0.1) is 6.61 Å². The molecule has 0 radical (unpaired) electrons. The monoisotopic (exact) mass is 698 g/mol. The number of alkyl halides is 3. The van der Waals surface area contributed by atoms with Gasteiger partial charge >= 0.3 is 21.3 Å². The average Bonchev–Trinajstić information content (AvgIpc) is 3.02. The summed E-state index contributed by atoms with van der Waals surface area (Å²) in [4.78, 5) is 13.3. The molecule has 5 nitrogen and oxygen atoms in total. The highest BCUT2D eigenvalue weighted by Crippen LogP contribution is 2.67. The highest BCUT2D eigenvalue weighted by molar-refractivity contribution is 9.09. The first kappa shape index (κ1) is 35.2. The van der Waals surface area contributed by atoms with E-state index < -0.39 is 31.7 Å². The van der Waals surface area contributed by atoms with E-state index in [2.05, 4.69) is 15.9 Å². The van der Waals surface area contributed by atoms with E-state index in [0.29, 0.717) is 28.2 Å². The molecule has 0 amide bonds. The van der Waals surface area contributed by atoms with Crippen molar-refractivity contribution in [1.29, 1.82) is 0 Å². The SMILES string of the molecule is O=C(OCCCCCCCCCCCCBr)C(F)(F)S(=O)(=O)OS(Cc1ccccc1)(c1ccccc1)c1ccccc1. The van der Waals surface area contributed by atoms with Crippen LogP contribution in [0.4, 0.5) is 8.78 Å². The summed E-state index contributed by atoms with van der Waals surface area (Å²) in [6.07, 6.45) is 10.2. The van der Waals surface area contributed by atoms with Gasteiger partial charge in [-0.2, -0.15) is 17.2 Å². The maximum Gasteiger partial charge on any atom is 0.466 e. The second-order valence-electron chi connectivity index (χ2n) is 10.3. The van der Waals surface area contributed by atoms with Crippen molar-refractivity contribution >= 4 is 42.3 Å². The standard InChI is InChI=1S/C33H41BrF2O5S2/c34-26-18-7-5-3-1-2-4-6-8-19-27-40-32(37)33(35,36)43(38,39)41-42(30-22-14-10-15-23-30,31-24-16-11-17-25-31)28-29-20-12-9-13-21-29/h9-17,20-25H,1-8,18-19,26-28H2. The molecule has 0 saturated heterocycles. The minimum atomic E-state index is -5.77. The molecular weight excluding hydrogens is 658 g/mol. The van der Waals surface area contributed by atoms with E-state index in [1.165, 1.54) is 32.1 Å². The molecule has 10 heteroatoms. The molecule has 0 aliphatic heterocycles. The van der Waals surface area contributed by atoms with E-state index in [-0.39, 0.29) is 12.4 Å². The summed E-state index contributed by atoms with van der Waals surface area (Å²) in [5.41, 5.74) is 0.695. The predicted molar refractivity (Wildman–Crippen MR) is 173 cm³/mol. The zero-order valence-electron chi connectivity index (χ0n) is 24.3. The lowest BCUT2D eigenvalue weighted by Gasteiger charge is -2.39. The summed E-state index contributed by atoms with van der Waals surface area (Å²) in [7, 11) is -8.88. The van der Waals surface area contributed by atoms with Crippen LogP contribution in [0, 0.1) is 0 Å². The van der Waals surface area contributed by atoms with Crippen molar-refractivity contribution in [3.63, 3.8) is 0 Å². The molecule has 43 heavy (non-hydrogen) atoms. The van der Waals surface area contributed by atoms with Crippen LogP contribution in [0.5, 0.6) is 0 Å². The maximum absolute atomic E-state index is 15.3. The van der Waals surface area contributed by atoms with Crippen LogP contribution in [0.2, 0.25) is 0 Å². The minimum absolute atomic E-state index is 0.00305. The zero-order valence-corrected chi connectivity index (χ0v) is 27.6. The van der Waals surface area contributed by atoms with E-state index in [1.54, 1.807) is 84.9 Å². The number of benzene rings is 3. The molecule has 0 aromatic heterocycles. The van der Waals surface area contributed by atoms with E-state index in [0.717, 1.165) is 24.6 Å². The molecule has 0 N–H and O–H groups in total. The third-order valence-corrected chi connectivity index (χ3v) is 12.8.